The Bertz CT molecular complexity index is 530. The first kappa shape index (κ1) is 15.1. The Morgan fingerprint density at radius 3 is 2.11 bits per heavy atom. The van der Waals surface area contributed by atoms with Crippen LogP contribution in [0.2, 0.25) is 0 Å². The molecule has 1 aromatic carbocycles. The summed E-state index contributed by atoms with van der Waals surface area (Å²) in [6.45, 7) is 6.70. The molecule has 3 N–H and O–H groups in total. The van der Waals surface area contributed by atoms with Gasteiger partial charge in [0.15, 0.2) is 0 Å². The van der Waals surface area contributed by atoms with Crippen LogP contribution in [-0.2, 0) is 10.0 Å². The van der Waals surface area contributed by atoms with Gasteiger partial charge in [-0.15, -0.1) is 0 Å². The summed E-state index contributed by atoms with van der Waals surface area (Å²) in [6, 6.07) is 2.41. The van der Waals surface area contributed by atoms with E-state index in [-0.39, 0.29) is 11.4 Å². The van der Waals surface area contributed by atoms with E-state index >= 15 is 0 Å². The highest BCUT2D eigenvalue weighted by atomic mass is 32.2. The monoisotopic (exact) mass is 274 g/mol. The molecule has 0 saturated heterocycles. The maximum atomic E-state index is 13.2. The van der Waals surface area contributed by atoms with Crippen LogP contribution in [0.15, 0.2) is 17.0 Å². The molecule has 1 rings (SSSR count). The lowest BCUT2D eigenvalue weighted by Gasteiger charge is -2.25. The minimum Gasteiger partial charge on any atom is -0.329 e. The lowest BCUT2D eigenvalue weighted by molar-refractivity contribution is 0.462. The summed E-state index contributed by atoms with van der Waals surface area (Å²) in [5.41, 5.74) is 5.53. The largest absolute Gasteiger partial charge is 0.329 e. The van der Waals surface area contributed by atoms with E-state index in [2.05, 4.69) is 4.72 Å². The van der Waals surface area contributed by atoms with Gasteiger partial charge in [0.25, 0.3) is 0 Å². The molecule has 0 heterocycles. The first-order chi connectivity index (χ1) is 8.09. The summed E-state index contributed by atoms with van der Waals surface area (Å²) < 4.78 is 40.2. The standard InChI is InChI=1S/C12H19FN2O2S/c1-8-5-10(13)6-9(2)11(8)18(16,17)15-12(3,4)7-14/h5-6,15H,7,14H2,1-4H3. The van der Waals surface area contributed by atoms with Gasteiger partial charge in [-0.1, -0.05) is 0 Å². The van der Waals surface area contributed by atoms with Crippen molar-refractivity contribution in [1.29, 1.82) is 0 Å². The number of nitrogens with two attached hydrogens (primary N) is 1. The van der Waals surface area contributed by atoms with E-state index in [0.717, 1.165) is 0 Å². The molecule has 0 spiro atoms. The Morgan fingerprint density at radius 2 is 1.72 bits per heavy atom. The predicted molar refractivity (Wildman–Crippen MR) is 69.3 cm³/mol. The van der Waals surface area contributed by atoms with Crippen LogP contribution in [0.5, 0.6) is 0 Å². The fraction of sp³-hybridized carbons (Fsp3) is 0.500. The Hall–Kier alpha value is -0.980. The molecule has 0 fully saturated rings. The number of nitrogens with one attached hydrogen (secondary N) is 1. The molecule has 0 aromatic heterocycles. The first-order valence-electron chi connectivity index (χ1n) is 5.60. The molecule has 0 aliphatic carbocycles. The Morgan fingerprint density at radius 1 is 1.28 bits per heavy atom. The molecule has 0 aliphatic heterocycles. The van der Waals surface area contributed by atoms with Crippen LogP contribution in [0, 0.1) is 19.7 Å². The average molecular weight is 274 g/mol. The maximum absolute atomic E-state index is 13.2. The molecular weight excluding hydrogens is 255 g/mol. The third-order valence-corrected chi connectivity index (χ3v) is 4.62. The average Bonchev–Trinajstić information content (AvgIpc) is 2.13. The van der Waals surface area contributed by atoms with Crippen LogP contribution in [0.3, 0.4) is 0 Å². The van der Waals surface area contributed by atoms with Crippen LogP contribution in [-0.4, -0.2) is 20.5 Å². The molecule has 6 heteroatoms. The molecule has 18 heavy (non-hydrogen) atoms. The fourth-order valence-corrected chi connectivity index (χ4v) is 3.66. The van der Waals surface area contributed by atoms with E-state index in [1.54, 1.807) is 27.7 Å². The van der Waals surface area contributed by atoms with Crippen LogP contribution < -0.4 is 10.5 Å². The van der Waals surface area contributed by atoms with E-state index in [9.17, 15) is 12.8 Å². The van der Waals surface area contributed by atoms with Crippen molar-refractivity contribution in [2.24, 2.45) is 5.73 Å². The molecule has 0 radical (unpaired) electrons. The second kappa shape index (κ2) is 4.95. The van der Waals surface area contributed by atoms with Gasteiger partial charge in [-0.25, -0.2) is 17.5 Å². The van der Waals surface area contributed by atoms with Gasteiger partial charge >= 0.3 is 0 Å². The Kier molecular flexibility index (Phi) is 4.15. The molecule has 0 bridgehead atoms. The molecule has 102 valence electrons. The molecule has 0 aliphatic rings. The van der Waals surface area contributed by atoms with Crippen molar-refractivity contribution in [3.05, 3.63) is 29.1 Å². The molecule has 0 atom stereocenters. The SMILES string of the molecule is Cc1cc(F)cc(C)c1S(=O)(=O)NC(C)(C)CN. The third kappa shape index (κ3) is 3.28. The zero-order chi connectivity index (χ0) is 14.1. The predicted octanol–water partition coefficient (Wildman–Crippen LogP) is 1.46. The lowest BCUT2D eigenvalue weighted by Crippen LogP contribution is -2.48. The second-order valence-electron chi connectivity index (χ2n) is 5.06. The highest BCUT2D eigenvalue weighted by Crippen LogP contribution is 2.22. The molecule has 0 saturated carbocycles. The molecule has 1 aromatic rings. The summed E-state index contributed by atoms with van der Waals surface area (Å²) in [4.78, 5) is 0.116. The normalized spacial score (nSPS) is 12.8. The fourth-order valence-electron chi connectivity index (χ4n) is 1.78. The second-order valence-corrected chi connectivity index (χ2v) is 6.68. The molecule has 0 unspecified atom stereocenters. The zero-order valence-corrected chi connectivity index (χ0v) is 11.9. The number of rotatable bonds is 4. The molecule has 0 amide bonds. The van der Waals surface area contributed by atoms with E-state index in [0.29, 0.717) is 11.1 Å². The number of aryl methyl sites for hydroxylation is 2. The number of halogens is 1. The first-order valence-corrected chi connectivity index (χ1v) is 7.08. The summed E-state index contributed by atoms with van der Waals surface area (Å²) in [6.07, 6.45) is 0. The van der Waals surface area contributed by atoms with Crippen LogP contribution in [0.25, 0.3) is 0 Å². The van der Waals surface area contributed by atoms with Crippen LogP contribution in [0.1, 0.15) is 25.0 Å². The molecule has 4 nitrogen and oxygen atoms in total. The van der Waals surface area contributed by atoms with Gasteiger partial charge in [0.1, 0.15) is 5.82 Å². The van der Waals surface area contributed by atoms with Crippen molar-refractivity contribution in [1.82, 2.24) is 4.72 Å². The van der Waals surface area contributed by atoms with Gasteiger partial charge in [0.2, 0.25) is 10.0 Å². The van der Waals surface area contributed by atoms with Crippen molar-refractivity contribution in [2.75, 3.05) is 6.54 Å². The number of hydrogen-bond donors (Lipinski definition) is 2. The van der Waals surface area contributed by atoms with Crippen molar-refractivity contribution in [2.45, 2.75) is 38.1 Å². The van der Waals surface area contributed by atoms with Gasteiger partial charge in [0.05, 0.1) is 4.90 Å². The third-order valence-electron chi connectivity index (χ3n) is 2.61. The summed E-state index contributed by atoms with van der Waals surface area (Å²) >= 11 is 0. The van der Waals surface area contributed by atoms with Gasteiger partial charge in [-0.2, -0.15) is 0 Å². The zero-order valence-electron chi connectivity index (χ0n) is 11.0. The highest BCUT2D eigenvalue weighted by Gasteiger charge is 2.27. The van der Waals surface area contributed by atoms with Crippen LogP contribution >= 0.6 is 0 Å². The van der Waals surface area contributed by atoms with Crippen molar-refractivity contribution >= 4 is 10.0 Å². The summed E-state index contributed by atoms with van der Waals surface area (Å²) in [5.74, 6) is -0.443. The van der Waals surface area contributed by atoms with Gasteiger partial charge < -0.3 is 5.73 Å². The van der Waals surface area contributed by atoms with Gasteiger partial charge in [0, 0.05) is 12.1 Å². The van der Waals surface area contributed by atoms with E-state index < -0.39 is 21.4 Å². The minimum atomic E-state index is -3.70. The quantitative estimate of drug-likeness (QED) is 0.873. The number of hydrogen-bond acceptors (Lipinski definition) is 3. The van der Waals surface area contributed by atoms with Crippen molar-refractivity contribution in [3.63, 3.8) is 0 Å². The number of benzene rings is 1. The van der Waals surface area contributed by atoms with E-state index in [4.69, 9.17) is 5.73 Å². The smallest absolute Gasteiger partial charge is 0.241 e. The molecular formula is C12H19FN2O2S. The van der Waals surface area contributed by atoms with Crippen molar-refractivity contribution < 1.29 is 12.8 Å². The summed E-state index contributed by atoms with van der Waals surface area (Å²) in [5, 5.41) is 0. The summed E-state index contributed by atoms with van der Waals surface area (Å²) in [7, 11) is -3.70. The van der Waals surface area contributed by atoms with Crippen molar-refractivity contribution in [3.8, 4) is 0 Å². The Labute approximate surface area is 107 Å². The lowest BCUT2D eigenvalue weighted by atomic mass is 10.1. The van der Waals surface area contributed by atoms with Gasteiger partial charge in [-0.05, 0) is 51.0 Å². The topological polar surface area (TPSA) is 72.2 Å². The van der Waals surface area contributed by atoms with Crippen LogP contribution in [0.4, 0.5) is 4.39 Å². The highest BCUT2D eigenvalue weighted by molar-refractivity contribution is 7.89. The van der Waals surface area contributed by atoms with E-state index in [1.165, 1.54) is 12.1 Å². The van der Waals surface area contributed by atoms with E-state index in [1.807, 2.05) is 0 Å². The number of sulfonamides is 1. The maximum Gasteiger partial charge on any atom is 0.241 e. The Balaban J connectivity index is 3.30. The minimum absolute atomic E-state index is 0.116. The van der Waals surface area contributed by atoms with Gasteiger partial charge in [-0.3, -0.25) is 0 Å².